The minimum absolute atomic E-state index is 0.262. The molecule has 0 saturated carbocycles. The van der Waals surface area contributed by atoms with Crippen LogP contribution in [0.5, 0.6) is 0 Å². The van der Waals surface area contributed by atoms with E-state index < -0.39 is 29.6 Å². The summed E-state index contributed by atoms with van der Waals surface area (Å²) in [7, 11) is 1.26. The van der Waals surface area contributed by atoms with E-state index in [1.807, 2.05) is 6.26 Å². The monoisotopic (exact) mass is 320 g/mol. The summed E-state index contributed by atoms with van der Waals surface area (Å²) in [6.07, 6.45) is 1.68. The summed E-state index contributed by atoms with van der Waals surface area (Å²) in [6.45, 7) is 4.91. The Kier molecular flexibility index (Phi) is 8.84. The number of ether oxygens (including phenoxy) is 2. The van der Waals surface area contributed by atoms with Crippen molar-refractivity contribution in [3.8, 4) is 0 Å². The van der Waals surface area contributed by atoms with E-state index in [0.717, 1.165) is 0 Å². The number of rotatable bonds is 7. The molecule has 0 aliphatic heterocycles. The molecule has 0 aliphatic rings. The number of esters is 1. The molecule has 0 spiro atoms. The molecule has 7 nitrogen and oxygen atoms in total. The quantitative estimate of drug-likeness (QED) is 0.678. The van der Waals surface area contributed by atoms with Crippen molar-refractivity contribution in [2.45, 2.75) is 38.8 Å². The minimum atomic E-state index is -0.713. The molecule has 0 rings (SSSR count). The van der Waals surface area contributed by atoms with Gasteiger partial charge in [0.2, 0.25) is 5.91 Å². The van der Waals surface area contributed by atoms with E-state index in [1.165, 1.54) is 7.11 Å². The van der Waals surface area contributed by atoms with Crippen LogP contribution in [0.25, 0.3) is 0 Å². The number of carbonyl (C=O) groups is 3. The standard InChI is InChI=1S/C13H24N2O5S/c1-13(2,3)20-12(18)14-8-10(16)15-9(6-7-21-5)11(17)19-4/h9H,6-8H2,1-5H3,(H,14,18)(H,15,16). The third kappa shape index (κ3) is 10.0. The van der Waals surface area contributed by atoms with Crippen LogP contribution in [0.1, 0.15) is 27.2 Å². The van der Waals surface area contributed by atoms with Crippen molar-refractivity contribution >= 4 is 29.7 Å². The molecule has 1 unspecified atom stereocenters. The number of hydrogen-bond donors (Lipinski definition) is 2. The summed E-state index contributed by atoms with van der Waals surface area (Å²) in [5.41, 5.74) is -0.631. The lowest BCUT2D eigenvalue weighted by Gasteiger charge is -2.20. The summed E-state index contributed by atoms with van der Waals surface area (Å²) < 4.78 is 9.63. The van der Waals surface area contributed by atoms with Gasteiger partial charge in [0.25, 0.3) is 0 Å². The minimum Gasteiger partial charge on any atom is -0.467 e. The Morgan fingerprint density at radius 2 is 1.86 bits per heavy atom. The zero-order valence-corrected chi connectivity index (χ0v) is 14.0. The first-order chi connectivity index (χ1) is 9.69. The third-order valence-electron chi connectivity index (χ3n) is 2.22. The smallest absolute Gasteiger partial charge is 0.408 e. The molecule has 122 valence electrons. The molecule has 0 aromatic carbocycles. The fourth-order valence-electron chi connectivity index (χ4n) is 1.34. The van der Waals surface area contributed by atoms with Crippen LogP contribution in [0.2, 0.25) is 0 Å². The highest BCUT2D eigenvalue weighted by molar-refractivity contribution is 7.98. The molecule has 0 aromatic heterocycles. The van der Waals surface area contributed by atoms with Gasteiger partial charge < -0.3 is 20.1 Å². The first-order valence-electron chi connectivity index (χ1n) is 6.52. The molecule has 1 atom stereocenters. The lowest BCUT2D eigenvalue weighted by Crippen LogP contribution is -2.46. The summed E-state index contributed by atoms with van der Waals surface area (Å²) in [5, 5.41) is 4.85. The van der Waals surface area contributed by atoms with Crippen molar-refractivity contribution in [2.75, 3.05) is 25.7 Å². The van der Waals surface area contributed by atoms with Gasteiger partial charge >= 0.3 is 12.1 Å². The van der Waals surface area contributed by atoms with Gasteiger partial charge in [0.1, 0.15) is 18.2 Å². The van der Waals surface area contributed by atoms with E-state index in [2.05, 4.69) is 15.4 Å². The van der Waals surface area contributed by atoms with Gasteiger partial charge in [-0.1, -0.05) is 0 Å². The van der Waals surface area contributed by atoms with E-state index in [9.17, 15) is 14.4 Å². The fraction of sp³-hybridized carbons (Fsp3) is 0.769. The van der Waals surface area contributed by atoms with Gasteiger partial charge in [0.15, 0.2) is 0 Å². The Balaban J connectivity index is 4.25. The lowest BCUT2D eigenvalue weighted by molar-refractivity contribution is -0.145. The predicted octanol–water partition coefficient (Wildman–Crippen LogP) is 0.922. The van der Waals surface area contributed by atoms with Gasteiger partial charge in [-0.25, -0.2) is 9.59 Å². The average Bonchev–Trinajstić information content (AvgIpc) is 2.38. The third-order valence-corrected chi connectivity index (χ3v) is 2.87. The molecule has 0 saturated heterocycles. The van der Waals surface area contributed by atoms with Crippen LogP contribution >= 0.6 is 11.8 Å². The second-order valence-corrected chi connectivity index (χ2v) is 6.27. The Bertz CT molecular complexity index is 368. The molecule has 2 N–H and O–H groups in total. The van der Waals surface area contributed by atoms with E-state index in [1.54, 1.807) is 32.5 Å². The highest BCUT2D eigenvalue weighted by Gasteiger charge is 2.22. The molecule has 8 heteroatoms. The van der Waals surface area contributed by atoms with Crippen molar-refractivity contribution in [3.63, 3.8) is 0 Å². The van der Waals surface area contributed by atoms with Crippen LogP contribution in [0.3, 0.4) is 0 Å². The first-order valence-corrected chi connectivity index (χ1v) is 7.92. The molecule has 0 heterocycles. The van der Waals surface area contributed by atoms with Crippen molar-refractivity contribution in [1.82, 2.24) is 10.6 Å². The Hall–Kier alpha value is -1.44. The largest absolute Gasteiger partial charge is 0.467 e. The number of thioether (sulfide) groups is 1. The zero-order valence-electron chi connectivity index (χ0n) is 13.1. The van der Waals surface area contributed by atoms with E-state index in [4.69, 9.17) is 4.74 Å². The first kappa shape index (κ1) is 19.6. The predicted molar refractivity (Wildman–Crippen MR) is 81.2 cm³/mol. The number of amides is 2. The molecule has 21 heavy (non-hydrogen) atoms. The second kappa shape index (κ2) is 9.49. The maximum atomic E-state index is 11.7. The summed E-state index contributed by atoms with van der Waals surface area (Å²) in [6, 6.07) is -0.713. The molecular formula is C13H24N2O5S. The molecule has 0 aliphatic carbocycles. The Labute approximate surface area is 129 Å². The molecule has 0 aromatic rings. The van der Waals surface area contributed by atoms with E-state index >= 15 is 0 Å². The van der Waals surface area contributed by atoms with Gasteiger partial charge in [0.05, 0.1) is 7.11 Å². The van der Waals surface area contributed by atoms with Crippen LogP contribution in [0, 0.1) is 0 Å². The number of alkyl carbamates (subject to hydrolysis) is 1. The summed E-state index contributed by atoms with van der Waals surface area (Å²) in [5.74, 6) is -0.272. The summed E-state index contributed by atoms with van der Waals surface area (Å²) >= 11 is 1.56. The van der Waals surface area contributed by atoms with Gasteiger partial charge in [-0.3, -0.25) is 4.79 Å². The zero-order chi connectivity index (χ0) is 16.5. The molecule has 0 fully saturated rings. The summed E-state index contributed by atoms with van der Waals surface area (Å²) in [4.78, 5) is 34.6. The molecule has 2 amide bonds. The maximum Gasteiger partial charge on any atom is 0.408 e. The number of nitrogens with one attached hydrogen (secondary N) is 2. The van der Waals surface area contributed by atoms with Crippen molar-refractivity contribution in [2.24, 2.45) is 0 Å². The lowest BCUT2D eigenvalue weighted by atomic mass is 10.2. The number of methoxy groups -OCH3 is 1. The SMILES string of the molecule is COC(=O)C(CCSC)NC(=O)CNC(=O)OC(C)(C)C. The van der Waals surface area contributed by atoms with Crippen molar-refractivity contribution in [1.29, 1.82) is 0 Å². The highest BCUT2D eigenvalue weighted by Crippen LogP contribution is 2.06. The van der Waals surface area contributed by atoms with Gasteiger partial charge in [-0.15, -0.1) is 0 Å². The average molecular weight is 320 g/mol. The van der Waals surface area contributed by atoms with Crippen molar-refractivity contribution < 1.29 is 23.9 Å². The fourth-order valence-corrected chi connectivity index (χ4v) is 1.81. The normalized spacial score (nSPS) is 12.2. The van der Waals surface area contributed by atoms with E-state index in [0.29, 0.717) is 12.2 Å². The van der Waals surface area contributed by atoms with Crippen molar-refractivity contribution in [3.05, 3.63) is 0 Å². The van der Waals surface area contributed by atoms with Crippen LogP contribution in [0.15, 0.2) is 0 Å². The Morgan fingerprint density at radius 3 is 2.33 bits per heavy atom. The van der Waals surface area contributed by atoms with Crippen LogP contribution < -0.4 is 10.6 Å². The Morgan fingerprint density at radius 1 is 1.24 bits per heavy atom. The number of carbonyl (C=O) groups excluding carboxylic acids is 3. The molecule has 0 radical (unpaired) electrons. The molecular weight excluding hydrogens is 296 g/mol. The van der Waals surface area contributed by atoms with Gasteiger partial charge in [0, 0.05) is 0 Å². The maximum absolute atomic E-state index is 11.7. The topological polar surface area (TPSA) is 93.7 Å². The highest BCUT2D eigenvalue weighted by atomic mass is 32.2. The van der Waals surface area contributed by atoms with Crippen LogP contribution in [-0.2, 0) is 19.1 Å². The van der Waals surface area contributed by atoms with Gasteiger partial charge in [-0.05, 0) is 39.2 Å². The van der Waals surface area contributed by atoms with Crippen LogP contribution in [0.4, 0.5) is 4.79 Å². The van der Waals surface area contributed by atoms with E-state index in [-0.39, 0.29) is 6.54 Å². The van der Waals surface area contributed by atoms with Gasteiger partial charge in [-0.2, -0.15) is 11.8 Å². The number of hydrogen-bond acceptors (Lipinski definition) is 6. The van der Waals surface area contributed by atoms with Crippen LogP contribution in [-0.4, -0.2) is 55.3 Å². The molecule has 0 bridgehead atoms. The second-order valence-electron chi connectivity index (χ2n) is 5.28.